The van der Waals surface area contributed by atoms with E-state index in [4.69, 9.17) is 4.74 Å². The minimum Gasteiger partial charge on any atom is -0.494 e. The number of pyridine rings is 1. The Hall–Kier alpha value is -2.88. The number of anilines is 1. The minimum atomic E-state index is 0.0345. The molecule has 2 heterocycles. The lowest BCUT2D eigenvalue weighted by molar-refractivity contribution is -0.116. The summed E-state index contributed by atoms with van der Waals surface area (Å²) in [7, 11) is 0. The number of rotatable bonds is 3. The van der Waals surface area contributed by atoms with E-state index < -0.39 is 0 Å². The molecule has 2 aromatic carbocycles. The molecule has 1 atom stereocenters. The topological polar surface area (TPSA) is 51.2 Å². The average molecular weight is 318 g/mol. The van der Waals surface area contributed by atoms with E-state index in [9.17, 15) is 4.79 Å². The van der Waals surface area contributed by atoms with E-state index in [1.807, 2.05) is 43.5 Å². The largest absolute Gasteiger partial charge is 0.494 e. The van der Waals surface area contributed by atoms with Crippen LogP contribution in [-0.2, 0) is 4.79 Å². The van der Waals surface area contributed by atoms with Crippen LogP contribution in [0.25, 0.3) is 10.8 Å². The van der Waals surface area contributed by atoms with Crippen LogP contribution < -0.4 is 10.1 Å². The van der Waals surface area contributed by atoms with Crippen molar-refractivity contribution < 1.29 is 9.53 Å². The monoisotopic (exact) mass is 318 g/mol. The summed E-state index contributed by atoms with van der Waals surface area (Å²) in [4.78, 5) is 16.4. The van der Waals surface area contributed by atoms with Gasteiger partial charge in [0, 0.05) is 41.9 Å². The number of carbonyl (C=O) groups excluding carboxylic acids is 1. The van der Waals surface area contributed by atoms with Gasteiger partial charge in [-0.25, -0.2) is 0 Å². The molecule has 4 heteroatoms. The molecule has 1 aromatic heterocycles. The number of nitrogens with one attached hydrogen (secondary N) is 1. The van der Waals surface area contributed by atoms with Gasteiger partial charge in [-0.3, -0.25) is 9.78 Å². The Morgan fingerprint density at radius 2 is 2.12 bits per heavy atom. The number of benzene rings is 2. The van der Waals surface area contributed by atoms with Gasteiger partial charge < -0.3 is 10.1 Å². The molecule has 1 N–H and O–H groups in total. The highest BCUT2D eigenvalue weighted by molar-refractivity contribution is 5.97. The van der Waals surface area contributed by atoms with Crippen molar-refractivity contribution in [3.63, 3.8) is 0 Å². The first kappa shape index (κ1) is 14.7. The molecular formula is C20H18N2O2. The summed E-state index contributed by atoms with van der Waals surface area (Å²) >= 11 is 0. The zero-order valence-corrected chi connectivity index (χ0v) is 13.5. The van der Waals surface area contributed by atoms with E-state index in [0.717, 1.165) is 33.3 Å². The first-order valence-corrected chi connectivity index (χ1v) is 8.15. The van der Waals surface area contributed by atoms with Crippen LogP contribution in [0, 0.1) is 0 Å². The summed E-state index contributed by atoms with van der Waals surface area (Å²) in [6, 6.07) is 14.1. The highest BCUT2D eigenvalue weighted by atomic mass is 16.5. The normalized spacial score (nSPS) is 16.5. The third-order valence-corrected chi connectivity index (χ3v) is 4.46. The maximum Gasteiger partial charge on any atom is 0.225 e. The van der Waals surface area contributed by atoms with Gasteiger partial charge in [-0.15, -0.1) is 0 Å². The van der Waals surface area contributed by atoms with E-state index >= 15 is 0 Å². The highest BCUT2D eigenvalue weighted by Crippen LogP contribution is 2.40. The van der Waals surface area contributed by atoms with Crippen molar-refractivity contribution in [2.75, 3.05) is 11.9 Å². The molecule has 0 saturated heterocycles. The van der Waals surface area contributed by atoms with Gasteiger partial charge in [0.05, 0.1) is 6.61 Å². The fourth-order valence-electron chi connectivity index (χ4n) is 3.43. The van der Waals surface area contributed by atoms with Crippen LogP contribution in [0.2, 0.25) is 0 Å². The van der Waals surface area contributed by atoms with Crippen molar-refractivity contribution in [2.24, 2.45) is 0 Å². The van der Waals surface area contributed by atoms with Crippen LogP contribution in [0.3, 0.4) is 0 Å². The first-order chi connectivity index (χ1) is 11.8. The van der Waals surface area contributed by atoms with Gasteiger partial charge in [0.25, 0.3) is 0 Å². The SMILES string of the molecule is CCOc1ccc2c(c1)NC(=O)C[C@H]2c1cccc2cnccc12. The lowest BCUT2D eigenvalue weighted by atomic mass is 9.83. The van der Waals surface area contributed by atoms with E-state index in [2.05, 4.69) is 22.4 Å². The zero-order chi connectivity index (χ0) is 16.5. The number of aromatic nitrogens is 1. The van der Waals surface area contributed by atoms with E-state index in [-0.39, 0.29) is 11.8 Å². The third kappa shape index (κ3) is 2.50. The Labute approximate surface area is 140 Å². The van der Waals surface area contributed by atoms with Crippen LogP contribution in [-0.4, -0.2) is 17.5 Å². The molecule has 0 saturated carbocycles. The van der Waals surface area contributed by atoms with Crippen LogP contribution in [0.5, 0.6) is 5.75 Å². The molecule has 0 bridgehead atoms. The maximum atomic E-state index is 12.3. The predicted molar refractivity (Wildman–Crippen MR) is 94.4 cm³/mol. The van der Waals surface area contributed by atoms with Crippen molar-refractivity contribution >= 4 is 22.4 Å². The number of amides is 1. The fourth-order valence-corrected chi connectivity index (χ4v) is 3.43. The Morgan fingerprint density at radius 1 is 1.21 bits per heavy atom. The number of hydrogen-bond acceptors (Lipinski definition) is 3. The van der Waals surface area contributed by atoms with Crippen LogP contribution in [0.1, 0.15) is 30.4 Å². The summed E-state index contributed by atoms with van der Waals surface area (Å²) in [6.45, 7) is 2.55. The lowest BCUT2D eigenvalue weighted by Crippen LogP contribution is -2.23. The number of carbonyl (C=O) groups is 1. The number of fused-ring (bicyclic) bond motifs is 2. The predicted octanol–water partition coefficient (Wildman–Crippen LogP) is 4.11. The summed E-state index contributed by atoms with van der Waals surface area (Å²) in [5.74, 6) is 0.849. The van der Waals surface area contributed by atoms with E-state index in [1.54, 1.807) is 6.20 Å². The summed E-state index contributed by atoms with van der Waals surface area (Å²) < 4.78 is 5.56. The molecule has 0 aliphatic carbocycles. The molecule has 120 valence electrons. The quantitative estimate of drug-likeness (QED) is 0.791. The summed E-state index contributed by atoms with van der Waals surface area (Å²) in [5, 5.41) is 5.21. The van der Waals surface area contributed by atoms with Crippen molar-refractivity contribution in [1.82, 2.24) is 4.98 Å². The molecule has 1 aliphatic rings. The molecule has 4 rings (SSSR count). The van der Waals surface area contributed by atoms with Crippen LogP contribution in [0.4, 0.5) is 5.69 Å². The second kappa shape index (κ2) is 5.96. The van der Waals surface area contributed by atoms with Crippen molar-refractivity contribution in [2.45, 2.75) is 19.3 Å². The number of nitrogens with zero attached hydrogens (tertiary/aromatic N) is 1. The molecule has 0 unspecified atom stereocenters. The van der Waals surface area contributed by atoms with Gasteiger partial charge in [-0.2, -0.15) is 0 Å². The van der Waals surface area contributed by atoms with Gasteiger partial charge in [0.2, 0.25) is 5.91 Å². The number of hydrogen-bond donors (Lipinski definition) is 1. The second-order valence-electron chi connectivity index (χ2n) is 5.93. The van der Waals surface area contributed by atoms with Crippen LogP contribution in [0.15, 0.2) is 54.9 Å². The lowest BCUT2D eigenvalue weighted by Gasteiger charge is -2.27. The molecule has 1 amide bonds. The van der Waals surface area contributed by atoms with Gasteiger partial charge >= 0.3 is 0 Å². The molecular weight excluding hydrogens is 300 g/mol. The van der Waals surface area contributed by atoms with Crippen molar-refractivity contribution in [3.05, 3.63) is 66.0 Å². The number of ether oxygens (including phenoxy) is 1. The maximum absolute atomic E-state index is 12.3. The van der Waals surface area contributed by atoms with Crippen molar-refractivity contribution in [1.29, 1.82) is 0 Å². The van der Waals surface area contributed by atoms with Crippen LogP contribution >= 0.6 is 0 Å². The van der Waals surface area contributed by atoms with Gasteiger partial charge in [-0.1, -0.05) is 24.3 Å². The average Bonchev–Trinajstić information content (AvgIpc) is 2.60. The van der Waals surface area contributed by atoms with Gasteiger partial charge in [0.1, 0.15) is 5.75 Å². The Morgan fingerprint density at radius 3 is 3.00 bits per heavy atom. The zero-order valence-electron chi connectivity index (χ0n) is 13.5. The molecule has 0 spiro atoms. The molecule has 1 aliphatic heterocycles. The summed E-state index contributed by atoms with van der Waals surface area (Å²) in [6.07, 6.45) is 4.11. The second-order valence-corrected chi connectivity index (χ2v) is 5.93. The van der Waals surface area contributed by atoms with Gasteiger partial charge in [-0.05, 0) is 35.6 Å². The third-order valence-electron chi connectivity index (χ3n) is 4.46. The highest BCUT2D eigenvalue weighted by Gasteiger charge is 2.27. The Balaban J connectivity index is 1.86. The first-order valence-electron chi connectivity index (χ1n) is 8.15. The molecule has 4 nitrogen and oxygen atoms in total. The smallest absolute Gasteiger partial charge is 0.225 e. The Kier molecular flexibility index (Phi) is 3.65. The minimum absolute atomic E-state index is 0.0345. The van der Waals surface area contributed by atoms with Crippen molar-refractivity contribution in [3.8, 4) is 5.75 Å². The molecule has 24 heavy (non-hydrogen) atoms. The van der Waals surface area contributed by atoms with E-state index in [0.29, 0.717) is 13.0 Å². The van der Waals surface area contributed by atoms with E-state index in [1.165, 1.54) is 0 Å². The summed E-state index contributed by atoms with van der Waals surface area (Å²) in [5.41, 5.74) is 3.13. The Bertz CT molecular complexity index is 915. The van der Waals surface area contributed by atoms with Gasteiger partial charge in [0.15, 0.2) is 0 Å². The standard InChI is InChI=1S/C20H18N2O2/c1-2-24-14-6-7-17-18(11-20(23)22-19(17)10-14)16-5-3-4-13-12-21-9-8-15(13)16/h3-10,12,18H,2,11H2,1H3,(H,22,23)/t18-/m0/s1. The fraction of sp³-hybridized carbons (Fsp3) is 0.200. The molecule has 0 fully saturated rings. The molecule has 3 aromatic rings. The molecule has 0 radical (unpaired) electrons.